The predicted molar refractivity (Wildman–Crippen MR) is 192 cm³/mol. The minimum Gasteiger partial charge on any atom is -0.488 e. The van der Waals surface area contributed by atoms with Crippen molar-refractivity contribution in [3.63, 3.8) is 0 Å². The topological polar surface area (TPSA) is 196 Å². The molecule has 3 aromatic rings. The van der Waals surface area contributed by atoms with Crippen molar-refractivity contribution in [1.82, 2.24) is 25.1 Å². The summed E-state index contributed by atoms with van der Waals surface area (Å²) in [6, 6.07) is 12.0. The SMILES string of the molecule is CC1(Oc2ccc(N)c(C(=N)c3cc(N4CCN(C(=O)CCOCCNc5cccc6c5C(=O)N(C5CCC(=O)NC5=O)C6)CC4)ncn3)c2)CC1. The Labute approximate surface area is 301 Å². The number of ether oxygens (including phenoxy) is 2. The highest BCUT2D eigenvalue weighted by molar-refractivity contribution is 6.13. The van der Waals surface area contributed by atoms with Crippen molar-refractivity contribution in [3.05, 3.63) is 71.2 Å². The maximum absolute atomic E-state index is 13.3. The van der Waals surface area contributed by atoms with E-state index in [0.29, 0.717) is 92.1 Å². The molecule has 1 atom stereocenters. The number of nitrogens with zero attached hydrogens (tertiary/aromatic N) is 5. The Balaban J connectivity index is 0.840. The van der Waals surface area contributed by atoms with Gasteiger partial charge in [-0.1, -0.05) is 12.1 Å². The Morgan fingerprint density at radius 2 is 1.88 bits per heavy atom. The van der Waals surface area contributed by atoms with E-state index >= 15 is 0 Å². The summed E-state index contributed by atoms with van der Waals surface area (Å²) in [5.74, 6) is 0.382. The summed E-state index contributed by atoms with van der Waals surface area (Å²) in [5.41, 5.74) is 9.78. The van der Waals surface area contributed by atoms with Crippen LogP contribution in [0.3, 0.4) is 0 Å². The Morgan fingerprint density at radius 1 is 1.08 bits per heavy atom. The first-order valence-corrected chi connectivity index (χ1v) is 17.7. The van der Waals surface area contributed by atoms with E-state index in [9.17, 15) is 19.2 Å². The van der Waals surface area contributed by atoms with Crippen LogP contribution in [0, 0.1) is 5.41 Å². The van der Waals surface area contributed by atoms with E-state index in [-0.39, 0.29) is 48.5 Å². The summed E-state index contributed by atoms with van der Waals surface area (Å²) in [6.07, 6.45) is 4.22. The molecule has 0 radical (unpaired) electrons. The molecule has 272 valence electrons. The van der Waals surface area contributed by atoms with Gasteiger partial charge in [0.25, 0.3) is 5.91 Å². The molecule has 15 nitrogen and oxygen atoms in total. The minimum atomic E-state index is -0.666. The highest BCUT2D eigenvalue weighted by Crippen LogP contribution is 2.40. The lowest BCUT2D eigenvalue weighted by Gasteiger charge is -2.35. The molecule has 3 aliphatic heterocycles. The number of amides is 4. The summed E-state index contributed by atoms with van der Waals surface area (Å²) < 4.78 is 11.8. The van der Waals surface area contributed by atoms with Gasteiger partial charge in [-0.2, -0.15) is 0 Å². The van der Waals surface area contributed by atoms with E-state index in [2.05, 4.69) is 32.4 Å². The third-order valence-electron chi connectivity index (χ3n) is 10.1. The van der Waals surface area contributed by atoms with Gasteiger partial charge < -0.3 is 35.2 Å². The molecule has 15 heteroatoms. The number of imide groups is 1. The van der Waals surface area contributed by atoms with Crippen molar-refractivity contribution >= 4 is 46.5 Å². The highest BCUT2D eigenvalue weighted by Gasteiger charge is 2.41. The molecule has 52 heavy (non-hydrogen) atoms. The van der Waals surface area contributed by atoms with Crippen LogP contribution < -0.4 is 26.0 Å². The Morgan fingerprint density at radius 3 is 2.65 bits per heavy atom. The molecular formula is C37H43N9O6. The molecular weight excluding hydrogens is 666 g/mol. The molecule has 4 aliphatic rings. The molecule has 4 amide bonds. The van der Waals surface area contributed by atoms with Gasteiger partial charge in [0.05, 0.1) is 36.6 Å². The zero-order valence-corrected chi connectivity index (χ0v) is 29.2. The van der Waals surface area contributed by atoms with E-state index in [1.54, 1.807) is 18.2 Å². The number of carbonyl (C=O) groups excluding carboxylic acids is 4. The lowest BCUT2D eigenvalue weighted by atomic mass is 10.0. The van der Waals surface area contributed by atoms with Crippen LogP contribution in [0.1, 0.15) is 66.2 Å². The number of carbonyl (C=O) groups is 4. The highest BCUT2D eigenvalue weighted by atomic mass is 16.5. The first-order chi connectivity index (χ1) is 25.1. The molecule has 1 aliphatic carbocycles. The Bertz CT molecular complexity index is 1910. The van der Waals surface area contributed by atoms with Crippen LogP contribution in [0.25, 0.3) is 0 Å². The smallest absolute Gasteiger partial charge is 0.257 e. The van der Waals surface area contributed by atoms with Crippen molar-refractivity contribution in [1.29, 1.82) is 5.41 Å². The second-order valence-corrected chi connectivity index (χ2v) is 13.8. The number of rotatable bonds is 13. The van der Waals surface area contributed by atoms with Gasteiger partial charge in [-0.05, 0) is 56.0 Å². The van der Waals surface area contributed by atoms with Crippen LogP contribution in [-0.4, -0.2) is 107 Å². The quantitative estimate of drug-likeness (QED) is 0.0880. The van der Waals surface area contributed by atoms with Crippen LogP contribution in [0.5, 0.6) is 5.75 Å². The zero-order chi connectivity index (χ0) is 36.4. The average molecular weight is 710 g/mol. The van der Waals surface area contributed by atoms with Crippen LogP contribution in [-0.2, 0) is 25.7 Å². The van der Waals surface area contributed by atoms with E-state index in [4.69, 9.17) is 20.6 Å². The van der Waals surface area contributed by atoms with Gasteiger partial charge >= 0.3 is 0 Å². The molecule has 1 aromatic heterocycles. The molecule has 4 heterocycles. The Kier molecular flexibility index (Phi) is 9.77. The number of fused-ring (bicyclic) bond motifs is 1. The minimum absolute atomic E-state index is 0.00964. The number of benzene rings is 2. The fourth-order valence-electron chi connectivity index (χ4n) is 6.80. The molecule has 0 bridgehead atoms. The molecule has 3 fully saturated rings. The first-order valence-electron chi connectivity index (χ1n) is 17.7. The average Bonchev–Trinajstić information content (AvgIpc) is 3.78. The lowest BCUT2D eigenvalue weighted by Crippen LogP contribution is -2.52. The standard InChI is InChI=1S/C37H43N9O6/c1-37(10-11-37)52-24-5-6-26(38)25(19-24)34(39)28-20-30(42-22-41-28)44-13-15-45(16-14-44)32(48)9-17-51-18-12-40-27-4-2-3-23-21-46(36(50)33(23)27)29-7-8-31(47)43-35(29)49/h2-6,19-20,22,29,39-40H,7-18,21,38H2,1H3,(H,43,47,49). The summed E-state index contributed by atoms with van der Waals surface area (Å²) >= 11 is 0. The third-order valence-corrected chi connectivity index (χ3v) is 10.1. The molecule has 1 saturated carbocycles. The van der Waals surface area contributed by atoms with E-state index in [0.717, 1.165) is 18.4 Å². The third kappa shape index (κ3) is 7.54. The number of nitrogen functional groups attached to an aromatic ring is 1. The molecule has 7 rings (SSSR count). The van der Waals surface area contributed by atoms with E-state index < -0.39 is 11.9 Å². The van der Waals surface area contributed by atoms with Gasteiger partial charge in [-0.15, -0.1) is 0 Å². The van der Waals surface area contributed by atoms with Crippen LogP contribution >= 0.6 is 0 Å². The van der Waals surface area contributed by atoms with Gasteiger partial charge in [0.2, 0.25) is 17.7 Å². The second kappa shape index (κ2) is 14.6. The molecule has 0 spiro atoms. The molecule has 5 N–H and O–H groups in total. The van der Waals surface area contributed by atoms with E-state index in [1.165, 1.54) is 11.2 Å². The fraction of sp³-hybridized carbons (Fsp3) is 0.432. The van der Waals surface area contributed by atoms with Gasteiger partial charge in [0, 0.05) is 68.7 Å². The second-order valence-electron chi connectivity index (χ2n) is 13.8. The summed E-state index contributed by atoms with van der Waals surface area (Å²) in [4.78, 5) is 64.4. The van der Waals surface area contributed by atoms with Crippen LogP contribution in [0.2, 0.25) is 0 Å². The van der Waals surface area contributed by atoms with Gasteiger partial charge in [-0.3, -0.25) is 29.9 Å². The fourth-order valence-corrected chi connectivity index (χ4v) is 6.80. The van der Waals surface area contributed by atoms with Crippen molar-refractivity contribution in [2.75, 3.05) is 61.9 Å². The maximum atomic E-state index is 13.3. The number of piperazine rings is 1. The number of nitrogens with one attached hydrogen (secondary N) is 3. The largest absolute Gasteiger partial charge is 0.488 e. The van der Waals surface area contributed by atoms with Crippen molar-refractivity contribution in [3.8, 4) is 5.75 Å². The monoisotopic (exact) mass is 709 g/mol. The summed E-state index contributed by atoms with van der Waals surface area (Å²) in [6.45, 7) is 5.66. The summed E-state index contributed by atoms with van der Waals surface area (Å²) in [7, 11) is 0. The van der Waals surface area contributed by atoms with Crippen molar-refractivity contribution in [2.45, 2.75) is 57.2 Å². The number of anilines is 3. The maximum Gasteiger partial charge on any atom is 0.257 e. The molecule has 2 saturated heterocycles. The predicted octanol–water partition coefficient (Wildman–Crippen LogP) is 2.33. The van der Waals surface area contributed by atoms with Gasteiger partial charge in [-0.25, -0.2) is 9.97 Å². The number of piperidine rings is 1. The number of nitrogens with two attached hydrogens (primary N) is 1. The number of aromatic nitrogens is 2. The lowest BCUT2D eigenvalue weighted by molar-refractivity contribution is -0.137. The normalized spacial score (nSPS) is 19.3. The number of hydrogen-bond donors (Lipinski definition) is 4. The zero-order valence-electron chi connectivity index (χ0n) is 29.2. The molecule has 1 unspecified atom stereocenters. The van der Waals surface area contributed by atoms with Crippen LogP contribution in [0.4, 0.5) is 17.2 Å². The Hall–Kier alpha value is -5.57. The van der Waals surface area contributed by atoms with Gasteiger partial charge in [0.1, 0.15) is 29.5 Å². The first kappa shape index (κ1) is 34.9. The van der Waals surface area contributed by atoms with Gasteiger partial charge in [0.15, 0.2) is 0 Å². The van der Waals surface area contributed by atoms with Crippen molar-refractivity contribution in [2.24, 2.45) is 0 Å². The van der Waals surface area contributed by atoms with Crippen molar-refractivity contribution < 1.29 is 28.7 Å². The number of hydrogen-bond acceptors (Lipinski definition) is 12. The molecule has 2 aromatic carbocycles. The summed E-state index contributed by atoms with van der Waals surface area (Å²) in [5, 5.41) is 14.4. The van der Waals surface area contributed by atoms with Crippen LogP contribution in [0.15, 0.2) is 48.8 Å². The van der Waals surface area contributed by atoms with E-state index in [1.807, 2.05) is 29.2 Å².